The van der Waals surface area contributed by atoms with Crippen LogP contribution in [0.15, 0.2) is 30.3 Å². The van der Waals surface area contributed by atoms with E-state index < -0.39 is 0 Å². The van der Waals surface area contributed by atoms with Crippen LogP contribution in [-0.2, 0) is 44.7 Å². The Bertz CT molecular complexity index is 850. The van der Waals surface area contributed by atoms with Gasteiger partial charge in [-0.2, -0.15) is 0 Å². The normalized spacial score (nSPS) is 10.8. The van der Waals surface area contributed by atoms with Crippen molar-refractivity contribution in [3.05, 3.63) is 35.9 Å². The van der Waals surface area contributed by atoms with Crippen molar-refractivity contribution in [2.45, 2.75) is 90.6 Å². The molecule has 0 saturated heterocycles. The van der Waals surface area contributed by atoms with Crippen LogP contribution in [0.3, 0.4) is 0 Å². The Morgan fingerprint density at radius 1 is 0.595 bits per heavy atom. The summed E-state index contributed by atoms with van der Waals surface area (Å²) < 4.78 is 21.3. The van der Waals surface area contributed by atoms with Crippen LogP contribution < -0.4 is 10.6 Å². The summed E-state index contributed by atoms with van der Waals surface area (Å²) in [6.07, 6.45) is 10.8. The molecule has 1 aromatic carbocycles. The Morgan fingerprint density at radius 2 is 1.07 bits per heavy atom. The lowest BCUT2D eigenvalue weighted by molar-refractivity contribution is -0.145. The van der Waals surface area contributed by atoms with E-state index in [9.17, 15) is 19.2 Å². The predicted octanol–water partition coefficient (Wildman–Crippen LogP) is 4.28. The molecular formula is C32H52N2O8. The molecule has 10 heteroatoms. The highest BCUT2D eigenvalue weighted by atomic mass is 16.5. The zero-order valence-electron chi connectivity index (χ0n) is 25.5. The summed E-state index contributed by atoms with van der Waals surface area (Å²) in [5, 5.41) is 5.67. The number of rotatable bonds is 28. The standard InChI is InChI=1S/C32H52N2O8/c1-28(35)15-9-4-2-6-13-19-33-30(36)26-40-23-21-39-22-24-41-27-31(37)34-20-14-7-3-5-12-18-32(38)42-25-29-16-10-8-11-17-29/h8,10-11,16-17H,2-7,9,12-15,18-27H2,1H3,(H,33,36)(H,34,37). The highest BCUT2D eigenvalue weighted by molar-refractivity contribution is 5.77. The third-order valence-corrected chi connectivity index (χ3v) is 6.36. The lowest BCUT2D eigenvalue weighted by atomic mass is 10.1. The van der Waals surface area contributed by atoms with Crippen molar-refractivity contribution in [3.8, 4) is 0 Å². The molecule has 0 spiro atoms. The van der Waals surface area contributed by atoms with Gasteiger partial charge in [-0.15, -0.1) is 0 Å². The highest BCUT2D eigenvalue weighted by Crippen LogP contribution is 2.08. The van der Waals surface area contributed by atoms with Crippen LogP contribution in [-0.4, -0.2) is 76.3 Å². The van der Waals surface area contributed by atoms with E-state index in [0.717, 1.165) is 69.8 Å². The summed E-state index contributed by atoms with van der Waals surface area (Å²) >= 11 is 0. The number of ketones is 1. The lowest BCUT2D eigenvalue weighted by Crippen LogP contribution is -2.29. The molecule has 0 unspecified atom stereocenters. The second-order valence-electron chi connectivity index (χ2n) is 10.3. The fourth-order valence-electron chi connectivity index (χ4n) is 3.99. The highest BCUT2D eigenvalue weighted by Gasteiger charge is 2.05. The maximum absolute atomic E-state index is 11.8. The minimum atomic E-state index is -0.165. The van der Waals surface area contributed by atoms with Gasteiger partial charge in [-0.3, -0.25) is 14.4 Å². The fraction of sp³-hybridized carbons (Fsp3) is 0.688. The Balaban J connectivity index is 1.78. The molecule has 0 fully saturated rings. The average molecular weight is 593 g/mol. The van der Waals surface area contributed by atoms with E-state index in [1.807, 2.05) is 30.3 Å². The van der Waals surface area contributed by atoms with Gasteiger partial charge in [0.1, 0.15) is 25.6 Å². The van der Waals surface area contributed by atoms with Crippen molar-refractivity contribution in [3.63, 3.8) is 0 Å². The number of nitrogens with one attached hydrogen (secondary N) is 2. The zero-order chi connectivity index (χ0) is 30.5. The van der Waals surface area contributed by atoms with Gasteiger partial charge in [0.05, 0.1) is 26.4 Å². The van der Waals surface area contributed by atoms with Gasteiger partial charge in [0, 0.05) is 25.9 Å². The van der Waals surface area contributed by atoms with Crippen LogP contribution in [0.4, 0.5) is 0 Å². The monoisotopic (exact) mass is 592 g/mol. The molecule has 2 N–H and O–H groups in total. The van der Waals surface area contributed by atoms with E-state index in [1.54, 1.807) is 6.92 Å². The summed E-state index contributed by atoms with van der Waals surface area (Å²) in [5.41, 5.74) is 0.990. The maximum atomic E-state index is 11.8. The first kappa shape index (κ1) is 37.2. The lowest BCUT2D eigenvalue weighted by Gasteiger charge is -2.08. The van der Waals surface area contributed by atoms with Crippen molar-refractivity contribution in [1.29, 1.82) is 0 Å². The molecule has 0 heterocycles. The number of unbranched alkanes of at least 4 members (excludes halogenated alkanes) is 8. The number of carbonyl (C=O) groups is 4. The molecular weight excluding hydrogens is 540 g/mol. The number of esters is 1. The summed E-state index contributed by atoms with van der Waals surface area (Å²) in [7, 11) is 0. The number of hydrogen-bond acceptors (Lipinski definition) is 8. The number of benzene rings is 1. The van der Waals surface area contributed by atoms with E-state index in [0.29, 0.717) is 59.0 Å². The molecule has 0 atom stereocenters. The predicted molar refractivity (Wildman–Crippen MR) is 161 cm³/mol. The molecule has 0 aliphatic heterocycles. The Morgan fingerprint density at radius 3 is 1.62 bits per heavy atom. The van der Waals surface area contributed by atoms with Gasteiger partial charge in [0.2, 0.25) is 11.8 Å². The van der Waals surface area contributed by atoms with E-state index >= 15 is 0 Å². The molecule has 10 nitrogen and oxygen atoms in total. The van der Waals surface area contributed by atoms with Crippen molar-refractivity contribution in [2.24, 2.45) is 0 Å². The average Bonchev–Trinajstić information content (AvgIpc) is 2.98. The van der Waals surface area contributed by atoms with Gasteiger partial charge < -0.3 is 34.4 Å². The molecule has 42 heavy (non-hydrogen) atoms. The SMILES string of the molecule is CC(=O)CCCCCCCNC(=O)COCCOCCOCC(=O)NCCCCCCCC(=O)OCc1ccccc1. The molecule has 0 saturated carbocycles. The quantitative estimate of drug-likeness (QED) is 0.109. The number of ether oxygens (including phenoxy) is 4. The van der Waals surface area contributed by atoms with E-state index in [-0.39, 0.29) is 36.8 Å². The van der Waals surface area contributed by atoms with E-state index in [2.05, 4.69) is 10.6 Å². The first-order valence-corrected chi connectivity index (χ1v) is 15.4. The van der Waals surface area contributed by atoms with E-state index in [4.69, 9.17) is 18.9 Å². The van der Waals surface area contributed by atoms with Gasteiger partial charge >= 0.3 is 5.97 Å². The molecule has 1 aromatic rings. The summed E-state index contributed by atoms with van der Waals surface area (Å²) in [4.78, 5) is 46.2. The van der Waals surface area contributed by atoms with Crippen molar-refractivity contribution in [2.75, 3.05) is 52.7 Å². The number of carbonyl (C=O) groups excluding carboxylic acids is 4. The van der Waals surface area contributed by atoms with Crippen LogP contribution in [0.5, 0.6) is 0 Å². The van der Waals surface area contributed by atoms with Gasteiger partial charge in [0.15, 0.2) is 0 Å². The second kappa shape index (κ2) is 27.0. The molecule has 0 aliphatic rings. The Hall–Kier alpha value is -2.82. The summed E-state index contributed by atoms with van der Waals surface area (Å²) in [6.45, 7) is 4.46. The van der Waals surface area contributed by atoms with Crippen LogP contribution in [0.1, 0.15) is 89.5 Å². The first-order chi connectivity index (χ1) is 20.5. The van der Waals surface area contributed by atoms with Crippen LogP contribution in [0.25, 0.3) is 0 Å². The van der Waals surface area contributed by atoms with Gasteiger partial charge in [0.25, 0.3) is 0 Å². The molecule has 0 aromatic heterocycles. The minimum absolute atomic E-state index is 0.00245. The van der Waals surface area contributed by atoms with E-state index in [1.165, 1.54) is 0 Å². The molecule has 1 rings (SSSR count). The third-order valence-electron chi connectivity index (χ3n) is 6.36. The van der Waals surface area contributed by atoms with Crippen molar-refractivity contribution in [1.82, 2.24) is 10.6 Å². The molecule has 2 amide bonds. The van der Waals surface area contributed by atoms with Gasteiger partial charge in [-0.1, -0.05) is 68.9 Å². The maximum Gasteiger partial charge on any atom is 0.306 e. The largest absolute Gasteiger partial charge is 0.461 e. The number of Topliss-reactive ketones (excluding diaryl/α,β-unsaturated/α-hetero) is 1. The molecule has 0 radical (unpaired) electrons. The van der Waals surface area contributed by atoms with Crippen molar-refractivity contribution >= 4 is 23.6 Å². The third kappa shape index (κ3) is 24.9. The molecule has 0 aliphatic carbocycles. The topological polar surface area (TPSA) is 129 Å². The summed E-state index contributed by atoms with van der Waals surface area (Å²) in [5.74, 6) is -0.220. The Kier molecular flexibility index (Phi) is 24.0. The summed E-state index contributed by atoms with van der Waals surface area (Å²) in [6, 6.07) is 9.65. The smallest absolute Gasteiger partial charge is 0.306 e. The molecule has 0 bridgehead atoms. The minimum Gasteiger partial charge on any atom is -0.461 e. The van der Waals surface area contributed by atoms with Crippen molar-refractivity contribution < 1.29 is 38.1 Å². The van der Waals surface area contributed by atoms with Crippen LogP contribution >= 0.6 is 0 Å². The fourth-order valence-corrected chi connectivity index (χ4v) is 3.99. The number of hydrogen-bond donors (Lipinski definition) is 2. The molecule has 238 valence electrons. The zero-order valence-corrected chi connectivity index (χ0v) is 25.5. The van der Waals surface area contributed by atoms with Gasteiger partial charge in [-0.05, 0) is 38.2 Å². The second-order valence-corrected chi connectivity index (χ2v) is 10.3. The van der Waals surface area contributed by atoms with Crippen LogP contribution in [0.2, 0.25) is 0 Å². The Labute approximate surface area is 251 Å². The first-order valence-electron chi connectivity index (χ1n) is 15.4. The van der Waals surface area contributed by atoms with Gasteiger partial charge in [-0.25, -0.2) is 0 Å². The number of amides is 2. The van der Waals surface area contributed by atoms with Crippen LogP contribution in [0, 0.1) is 0 Å².